The molecule has 0 aliphatic rings. The second-order valence-electron chi connectivity index (χ2n) is 5.12. The topological polar surface area (TPSA) is 6.48 Å². The number of nitrogens with zero attached hydrogens (tertiary/aromatic N) is 2. The number of hydrogen-bond acceptors (Lipinski definition) is 2. The Labute approximate surface area is 139 Å². The van der Waals surface area contributed by atoms with Gasteiger partial charge in [-0.15, -0.1) is 0 Å². The van der Waals surface area contributed by atoms with Crippen LogP contribution in [0.4, 0.5) is 11.4 Å². The van der Waals surface area contributed by atoms with Crippen LogP contribution < -0.4 is 9.80 Å². The van der Waals surface area contributed by atoms with E-state index in [4.69, 9.17) is 0 Å². The van der Waals surface area contributed by atoms with Crippen LogP contribution in [0.25, 0.3) is 0 Å². The molecular weight excluding hydrogens is 303 g/mol. The molecule has 2 aromatic rings. The van der Waals surface area contributed by atoms with Gasteiger partial charge in [0.2, 0.25) is 0 Å². The molecule has 2 aromatic carbocycles. The number of hydrogen-bond donors (Lipinski definition) is 0. The van der Waals surface area contributed by atoms with Crippen molar-refractivity contribution in [3.05, 3.63) is 73.5 Å². The van der Waals surface area contributed by atoms with Gasteiger partial charge in [-0.3, -0.25) is 0 Å². The summed E-state index contributed by atoms with van der Waals surface area (Å²) in [5, 5.41) is 0. The first-order valence-electron chi connectivity index (χ1n) is 6.59. The van der Waals surface area contributed by atoms with Crippen molar-refractivity contribution in [1.82, 2.24) is 0 Å². The molecule has 0 unspecified atom stereocenters. The van der Waals surface area contributed by atoms with Crippen molar-refractivity contribution in [3.63, 3.8) is 0 Å². The van der Waals surface area contributed by atoms with Crippen molar-refractivity contribution in [2.45, 2.75) is 0 Å². The average molecular weight is 327 g/mol. The molecule has 116 valence electrons. The number of anilines is 2. The van der Waals surface area contributed by atoms with Crippen molar-refractivity contribution in [2.75, 3.05) is 38.0 Å². The van der Waals surface area contributed by atoms with Crippen LogP contribution in [0.2, 0.25) is 0 Å². The van der Waals surface area contributed by atoms with Gasteiger partial charge in [0.1, 0.15) is 0 Å². The zero-order chi connectivity index (χ0) is 15.1. The molecule has 0 aliphatic heterocycles. The van der Waals surface area contributed by atoms with E-state index in [0.717, 1.165) is 11.1 Å². The third-order valence-corrected chi connectivity index (χ3v) is 2.91. The van der Waals surface area contributed by atoms with Crippen molar-refractivity contribution < 1.29 is 16.5 Å². The summed E-state index contributed by atoms with van der Waals surface area (Å²) in [6.07, 6.45) is 0. The van der Waals surface area contributed by atoms with E-state index < -0.39 is 0 Å². The molecule has 21 heavy (non-hydrogen) atoms. The summed E-state index contributed by atoms with van der Waals surface area (Å²) < 4.78 is 0. The fraction of sp³-hybridized carbons (Fsp3) is 0.222. The van der Waals surface area contributed by atoms with Gasteiger partial charge in [0.25, 0.3) is 0 Å². The normalized spacial score (nSPS) is 8.95. The minimum absolute atomic E-state index is 0. The third-order valence-electron chi connectivity index (χ3n) is 2.91. The summed E-state index contributed by atoms with van der Waals surface area (Å²) in [7, 11) is 8.10. The molecule has 0 spiro atoms. The standard InChI is InChI=1S/2C9H12N.Ni/c2*1-8-4-6-9(7-5-8)10(2)3;/h2*4-7H,1H2,2-3H3;/q2*-1;+2. The van der Waals surface area contributed by atoms with Crippen molar-refractivity contribution in [2.24, 2.45) is 0 Å². The molecule has 0 radical (unpaired) electrons. The van der Waals surface area contributed by atoms with E-state index in [1.807, 2.05) is 52.5 Å². The van der Waals surface area contributed by atoms with Gasteiger partial charge in [-0.05, 0) is 0 Å². The molecule has 0 aromatic heterocycles. The summed E-state index contributed by atoms with van der Waals surface area (Å²) in [4.78, 5) is 4.14. The van der Waals surface area contributed by atoms with Crippen LogP contribution >= 0.6 is 0 Å². The van der Waals surface area contributed by atoms with Crippen molar-refractivity contribution in [3.8, 4) is 0 Å². The maximum Gasteiger partial charge on any atom is 2.00 e. The van der Waals surface area contributed by atoms with E-state index in [9.17, 15) is 0 Å². The zero-order valence-electron chi connectivity index (χ0n) is 13.2. The van der Waals surface area contributed by atoms with E-state index in [2.05, 4.69) is 47.9 Å². The number of benzene rings is 2. The molecule has 3 heteroatoms. The predicted octanol–water partition coefficient (Wildman–Crippen LogP) is 3.87. The molecule has 0 atom stereocenters. The molecule has 0 heterocycles. The van der Waals surface area contributed by atoms with E-state index in [-0.39, 0.29) is 16.5 Å². The summed E-state index contributed by atoms with van der Waals surface area (Å²) in [6, 6.07) is 16.3. The molecule has 0 amide bonds. The maximum absolute atomic E-state index is 3.80. The Morgan fingerprint density at radius 2 is 0.810 bits per heavy atom. The molecule has 0 saturated heterocycles. The monoisotopic (exact) mass is 326 g/mol. The number of rotatable bonds is 2. The van der Waals surface area contributed by atoms with Crippen LogP contribution in [-0.2, 0) is 16.5 Å². The van der Waals surface area contributed by atoms with Gasteiger partial charge in [0.15, 0.2) is 0 Å². The van der Waals surface area contributed by atoms with E-state index in [0.29, 0.717) is 0 Å². The van der Waals surface area contributed by atoms with Crippen molar-refractivity contribution in [1.29, 1.82) is 0 Å². The molecule has 0 fully saturated rings. The quantitative estimate of drug-likeness (QED) is 0.610. The molecule has 0 saturated carbocycles. The van der Waals surface area contributed by atoms with Gasteiger partial charge < -0.3 is 9.80 Å². The zero-order valence-corrected chi connectivity index (χ0v) is 14.2. The molecule has 2 nitrogen and oxygen atoms in total. The van der Waals surface area contributed by atoms with Crippen LogP contribution in [0, 0.1) is 13.8 Å². The Bertz CT molecular complexity index is 452. The van der Waals surface area contributed by atoms with Gasteiger partial charge in [-0.1, -0.05) is 24.3 Å². The fourth-order valence-electron chi connectivity index (χ4n) is 1.59. The Morgan fingerprint density at radius 3 is 1.00 bits per heavy atom. The Balaban J connectivity index is 0.000000364. The SMILES string of the molecule is [CH2-]c1ccc(N(C)C)cc1.[CH2-]c1ccc(N(C)C)cc1.[Ni+2]. The maximum atomic E-state index is 3.80. The first-order valence-corrected chi connectivity index (χ1v) is 6.59. The Kier molecular flexibility index (Phi) is 8.49. The van der Waals surface area contributed by atoms with Gasteiger partial charge in [0, 0.05) is 39.6 Å². The first kappa shape index (κ1) is 19.3. The first-order chi connectivity index (χ1) is 9.40. The molecule has 0 N–H and O–H groups in total. The molecule has 0 aliphatic carbocycles. The molecule has 0 bridgehead atoms. The van der Waals surface area contributed by atoms with E-state index in [1.54, 1.807) is 0 Å². The molecule has 2 rings (SSSR count). The molecular formula is C18H24N2Ni. The smallest absolute Gasteiger partial charge is 0.379 e. The van der Waals surface area contributed by atoms with E-state index >= 15 is 0 Å². The summed E-state index contributed by atoms with van der Waals surface area (Å²) in [5.41, 5.74) is 4.55. The third kappa shape index (κ3) is 7.01. The van der Waals surface area contributed by atoms with Crippen LogP contribution in [0.1, 0.15) is 11.1 Å². The summed E-state index contributed by atoms with van der Waals surface area (Å²) >= 11 is 0. The van der Waals surface area contributed by atoms with Gasteiger partial charge in [0.05, 0.1) is 0 Å². The van der Waals surface area contributed by atoms with Gasteiger partial charge in [-0.25, -0.2) is 0 Å². The summed E-state index contributed by atoms with van der Waals surface area (Å²) in [5.74, 6) is 0. The Morgan fingerprint density at radius 1 is 0.571 bits per heavy atom. The van der Waals surface area contributed by atoms with Crippen LogP contribution in [0.3, 0.4) is 0 Å². The van der Waals surface area contributed by atoms with Crippen molar-refractivity contribution >= 4 is 11.4 Å². The Hall–Kier alpha value is -1.73. The predicted molar refractivity (Wildman–Crippen MR) is 90.5 cm³/mol. The second-order valence-corrected chi connectivity index (χ2v) is 5.12. The van der Waals surface area contributed by atoms with Gasteiger partial charge in [-0.2, -0.15) is 49.2 Å². The largest absolute Gasteiger partial charge is 2.00 e. The fourth-order valence-corrected chi connectivity index (χ4v) is 1.59. The van der Waals surface area contributed by atoms with Crippen LogP contribution in [0.15, 0.2) is 48.5 Å². The minimum Gasteiger partial charge on any atom is -0.379 e. The van der Waals surface area contributed by atoms with Crippen LogP contribution in [0.5, 0.6) is 0 Å². The van der Waals surface area contributed by atoms with E-state index in [1.165, 1.54) is 11.4 Å². The average Bonchev–Trinajstić information content (AvgIpc) is 2.40. The van der Waals surface area contributed by atoms with Gasteiger partial charge >= 0.3 is 16.5 Å². The van der Waals surface area contributed by atoms with Crippen LogP contribution in [-0.4, -0.2) is 28.2 Å². The second kappa shape index (κ2) is 9.25. The minimum atomic E-state index is 0. The summed E-state index contributed by atoms with van der Waals surface area (Å²) in [6.45, 7) is 7.60.